The molecule has 0 saturated carbocycles. The lowest BCUT2D eigenvalue weighted by Gasteiger charge is -2.44. The maximum absolute atomic E-state index is 6.22. The Kier molecular flexibility index (Phi) is 8.20. The number of hydrogen-bond acceptors (Lipinski definition) is 6. The van der Waals surface area contributed by atoms with Gasteiger partial charge in [0.05, 0.1) is 12.7 Å². The average Bonchev–Trinajstić information content (AvgIpc) is 3.29. The molecule has 4 aliphatic rings. The largest absolute Gasteiger partial charge is 0.375 e. The predicted octanol–water partition coefficient (Wildman–Crippen LogP) is 2.77. The topological polar surface area (TPSA) is 22.2 Å². The summed E-state index contributed by atoms with van der Waals surface area (Å²) in [6, 6.07) is 2.25. The molecule has 6 heteroatoms. The van der Waals surface area contributed by atoms with Crippen molar-refractivity contribution in [1.29, 1.82) is 0 Å². The van der Waals surface area contributed by atoms with E-state index >= 15 is 0 Å². The molecule has 3 atom stereocenters. The SMILES string of the molecule is CC(S)N1CCC(N2CCOC(CC(C)N3CCC(N4CCCC4)CC3)C2)CC1. The Balaban J connectivity index is 1.19. The maximum atomic E-state index is 6.22. The Morgan fingerprint density at radius 3 is 2.00 bits per heavy atom. The minimum atomic E-state index is 0.392. The Morgan fingerprint density at radius 1 is 0.793 bits per heavy atom. The number of nitrogens with zero attached hydrogens (tertiary/aromatic N) is 4. The quantitative estimate of drug-likeness (QED) is 0.660. The highest BCUT2D eigenvalue weighted by Gasteiger charge is 2.33. The van der Waals surface area contributed by atoms with Gasteiger partial charge >= 0.3 is 0 Å². The van der Waals surface area contributed by atoms with E-state index < -0.39 is 0 Å². The summed E-state index contributed by atoms with van der Waals surface area (Å²) in [6.45, 7) is 15.4. The van der Waals surface area contributed by atoms with Crippen LogP contribution in [0.5, 0.6) is 0 Å². The van der Waals surface area contributed by atoms with E-state index in [1.807, 2.05) is 0 Å². The highest BCUT2D eigenvalue weighted by molar-refractivity contribution is 7.80. The lowest BCUT2D eigenvalue weighted by molar-refractivity contribution is -0.0644. The lowest BCUT2D eigenvalue weighted by Crippen LogP contribution is -2.53. The van der Waals surface area contributed by atoms with Gasteiger partial charge in [0.15, 0.2) is 0 Å². The van der Waals surface area contributed by atoms with Gasteiger partial charge in [0.2, 0.25) is 0 Å². The van der Waals surface area contributed by atoms with Crippen molar-refractivity contribution in [2.24, 2.45) is 0 Å². The summed E-state index contributed by atoms with van der Waals surface area (Å²) in [5, 5.41) is 0.392. The van der Waals surface area contributed by atoms with Gasteiger partial charge in [-0.05, 0) is 85.0 Å². The molecule has 4 heterocycles. The summed E-state index contributed by atoms with van der Waals surface area (Å²) in [7, 11) is 0. The lowest BCUT2D eigenvalue weighted by atomic mass is 9.98. The van der Waals surface area contributed by atoms with Crippen LogP contribution < -0.4 is 0 Å². The predicted molar refractivity (Wildman–Crippen MR) is 124 cm³/mol. The average molecular weight is 425 g/mol. The van der Waals surface area contributed by atoms with Crippen molar-refractivity contribution in [2.75, 3.05) is 59.0 Å². The molecule has 4 rings (SSSR count). The molecular weight excluding hydrogens is 380 g/mol. The molecule has 4 aliphatic heterocycles. The molecule has 0 aromatic carbocycles. The number of rotatable bonds is 6. The van der Waals surface area contributed by atoms with Crippen molar-refractivity contribution >= 4 is 12.6 Å². The third-order valence-electron chi connectivity index (χ3n) is 8.10. The van der Waals surface area contributed by atoms with Crippen LogP contribution in [0, 0.1) is 0 Å². The molecule has 168 valence electrons. The molecule has 0 aliphatic carbocycles. The zero-order valence-corrected chi connectivity index (χ0v) is 19.7. The fraction of sp³-hybridized carbons (Fsp3) is 1.00. The van der Waals surface area contributed by atoms with E-state index in [2.05, 4.69) is 46.1 Å². The number of thiol groups is 1. The van der Waals surface area contributed by atoms with Crippen LogP contribution in [-0.4, -0.2) is 108 Å². The van der Waals surface area contributed by atoms with Crippen molar-refractivity contribution in [2.45, 2.75) is 88.4 Å². The van der Waals surface area contributed by atoms with Gasteiger partial charge in [-0.15, -0.1) is 0 Å². The van der Waals surface area contributed by atoms with Crippen LogP contribution >= 0.6 is 12.6 Å². The first-order valence-corrected chi connectivity index (χ1v) is 12.9. The zero-order chi connectivity index (χ0) is 20.2. The van der Waals surface area contributed by atoms with Crippen LogP contribution in [-0.2, 0) is 4.74 Å². The van der Waals surface area contributed by atoms with Crippen molar-refractivity contribution < 1.29 is 4.74 Å². The summed E-state index contributed by atoms with van der Waals surface area (Å²) in [4.78, 5) is 10.7. The Hall–Kier alpha value is 0.150. The van der Waals surface area contributed by atoms with Crippen molar-refractivity contribution in [1.82, 2.24) is 19.6 Å². The van der Waals surface area contributed by atoms with Crippen LogP contribution in [0.15, 0.2) is 0 Å². The minimum Gasteiger partial charge on any atom is -0.375 e. The van der Waals surface area contributed by atoms with E-state index in [0.717, 1.165) is 31.8 Å². The van der Waals surface area contributed by atoms with Gasteiger partial charge in [0.1, 0.15) is 0 Å². The Bertz CT molecular complexity index is 485. The third-order valence-corrected chi connectivity index (χ3v) is 8.42. The second-order valence-corrected chi connectivity index (χ2v) is 10.7. The van der Waals surface area contributed by atoms with Crippen molar-refractivity contribution in [3.05, 3.63) is 0 Å². The number of morpholine rings is 1. The van der Waals surface area contributed by atoms with Gasteiger partial charge in [-0.25, -0.2) is 0 Å². The molecule has 0 N–H and O–H groups in total. The van der Waals surface area contributed by atoms with Gasteiger partial charge in [-0.3, -0.25) is 9.80 Å². The molecule has 0 radical (unpaired) electrons. The van der Waals surface area contributed by atoms with Crippen molar-refractivity contribution in [3.63, 3.8) is 0 Å². The molecule has 5 nitrogen and oxygen atoms in total. The molecule has 0 bridgehead atoms. The highest BCUT2D eigenvalue weighted by Crippen LogP contribution is 2.26. The van der Waals surface area contributed by atoms with E-state index in [9.17, 15) is 0 Å². The van der Waals surface area contributed by atoms with E-state index in [0.29, 0.717) is 17.5 Å². The summed E-state index contributed by atoms with van der Waals surface area (Å²) in [6.07, 6.45) is 9.74. The number of piperidine rings is 2. The molecular formula is C23H44N4OS. The van der Waals surface area contributed by atoms with Crippen LogP contribution in [0.3, 0.4) is 0 Å². The molecule has 4 fully saturated rings. The molecule has 0 aromatic rings. The minimum absolute atomic E-state index is 0.392. The van der Waals surface area contributed by atoms with Gasteiger partial charge < -0.3 is 14.5 Å². The van der Waals surface area contributed by atoms with Crippen LogP contribution in [0.25, 0.3) is 0 Å². The Labute approximate surface area is 184 Å². The standard InChI is InChI=1S/C23H44N4OS/c1-19(24-11-5-21(6-12-24)26-9-3-4-10-26)17-23-18-27(15-16-28-23)22-7-13-25(14-8-22)20(2)29/h19-23,29H,3-18H2,1-2H3. The van der Waals surface area contributed by atoms with Gasteiger partial charge in [-0.2, -0.15) is 12.6 Å². The van der Waals surface area contributed by atoms with Gasteiger partial charge in [-0.1, -0.05) is 0 Å². The van der Waals surface area contributed by atoms with E-state index in [-0.39, 0.29) is 0 Å². The number of hydrogen-bond donors (Lipinski definition) is 1. The fourth-order valence-electron chi connectivity index (χ4n) is 6.17. The zero-order valence-electron chi connectivity index (χ0n) is 18.8. The first-order valence-electron chi connectivity index (χ1n) is 12.4. The smallest absolute Gasteiger partial charge is 0.0717 e. The normalized spacial score (nSPS) is 32.6. The van der Waals surface area contributed by atoms with Crippen LogP contribution in [0.2, 0.25) is 0 Å². The number of likely N-dealkylation sites (tertiary alicyclic amines) is 3. The van der Waals surface area contributed by atoms with Gasteiger partial charge in [0.25, 0.3) is 0 Å². The molecule has 0 spiro atoms. The second-order valence-electron chi connectivity index (χ2n) is 9.98. The molecule has 4 saturated heterocycles. The molecule has 3 unspecified atom stereocenters. The van der Waals surface area contributed by atoms with E-state index in [1.165, 1.54) is 84.2 Å². The van der Waals surface area contributed by atoms with E-state index in [4.69, 9.17) is 4.74 Å². The third kappa shape index (κ3) is 5.89. The molecule has 0 amide bonds. The number of ether oxygens (including phenoxy) is 1. The summed E-state index contributed by atoms with van der Waals surface area (Å²) in [5.74, 6) is 0. The highest BCUT2D eigenvalue weighted by atomic mass is 32.1. The summed E-state index contributed by atoms with van der Waals surface area (Å²) in [5.41, 5.74) is 0. The second kappa shape index (κ2) is 10.6. The first kappa shape index (κ1) is 22.3. The fourth-order valence-corrected chi connectivity index (χ4v) is 6.40. The summed E-state index contributed by atoms with van der Waals surface area (Å²) < 4.78 is 6.22. The Morgan fingerprint density at radius 2 is 1.38 bits per heavy atom. The van der Waals surface area contributed by atoms with E-state index in [1.54, 1.807) is 0 Å². The maximum Gasteiger partial charge on any atom is 0.0717 e. The van der Waals surface area contributed by atoms with Crippen LogP contribution in [0.4, 0.5) is 0 Å². The first-order chi connectivity index (χ1) is 14.1. The van der Waals surface area contributed by atoms with Crippen LogP contribution in [0.1, 0.15) is 58.8 Å². The molecule has 0 aromatic heterocycles. The van der Waals surface area contributed by atoms with Gasteiger partial charge in [0, 0.05) is 49.7 Å². The monoisotopic (exact) mass is 424 g/mol. The van der Waals surface area contributed by atoms with Crippen molar-refractivity contribution in [3.8, 4) is 0 Å². The molecule has 29 heavy (non-hydrogen) atoms. The summed E-state index contributed by atoms with van der Waals surface area (Å²) >= 11 is 4.62.